The second-order valence-electron chi connectivity index (χ2n) is 3.18. The number of aromatic nitrogens is 3. The van der Waals surface area contributed by atoms with Crippen LogP contribution < -0.4 is 5.43 Å². The Balaban J connectivity index is 2.41. The molecule has 0 saturated carbocycles. The molecule has 0 saturated heterocycles. The van der Waals surface area contributed by atoms with Gasteiger partial charge in [0.05, 0.1) is 11.2 Å². The lowest BCUT2D eigenvalue weighted by molar-refractivity contribution is 0.736. The van der Waals surface area contributed by atoms with Gasteiger partial charge < -0.3 is 0 Å². The van der Waals surface area contributed by atoms with Crippen molar-refractivity contribution in [3.8, 4) is 12.1 Å². The van der Waals surface area contributed by atoms with Gasteiger partial charge in [0.25, 0.3) is 0 Å². The summed E-state index contributed by atoms with van der Waals surface area (Å²) in [6.45, 7) is 0. The number of nitrogens with zero attached hydrogens (tertiary/aromatic N) is 6. The highest BCUT2D eigenvalue weighted by Gasteiger charge is 2.05. The zero-order chi connectivity index (χ0) is 12.3. The molecule has 1 aromatic heterocycles. The lowest BCUT2D eigenvalue weighted by Gasteiger charge is -1.99. The average Bonchev–Trinajstić information content (AvgIpc) is 2.73. The van der Waals surface area contributed by atoms with E-state index in [4.69, 9.17) is 10.5 Å². The van der Waals surface area contributed by atoms with Crippen LogP contribution in [0.4, 0.5) is 5.69 Å². The molecule has 0 aliphatic rings. The van der Waals surface area contributed by atoms with Crippen LogP contribution in [0, 0.1) is 22.7 Å². The van der Waals surface area contributed by atoms with Gasteiger partial charge in [-0.1, -0.05) is 11.3 Å². The summed E-state index contributed by atoms with van der Waals surface area (Å²) in [5.41, 5.74) is 4.45. The molecular formula is C10H7N7. The molecule has 0 amide bonds. The highest BCUT2D eigenvalue weighted by molar-refractivity contribution is 6.10. The third-order valence-electron chi connectivity index (χ3n) is 2.14. The Hall–Kier alpha value is -2.93. The molecule has 0 fully saturated rings. The summed E-state index contributed by atoms with van der Waals surface area (Å²) in [5, 5.41) is 28.6. The monoisotopic (exact) mass is 225 g/mol. The number of nitriles is 2. The third-order valence-corrected chi connectivity index (χ3v) is 2.14. The minimum absolute atomic E-state index is 0.245. The van der Waals surface area contributed by atoms with Gasteiger partial charge in [-0.15, -0.1) is 5.10 Å². The van der Waals surface area contributed by atoms with Gasteiger partial charge in [0.2, 0.25) is 5.71 Å². The van der Waals surface area contributed by atoms with E-state index in [1.165, 1.54) is 0 Å². The first-order valence-corrected chi connectivity index (χ1v) is 4.68. The summed E-state index contributed by atoms with van der Waals surface area (Å²) in [5.74, 6) is 0. The van der Waals surface area contributed by atoms with E-state index in [2.05, 4.69) is 20.8 Å². The molecule has 0 aliphatic carbocycles. The summed E-state index contributed by atoms with van der Waals surface area (Å²) in [7, 11) is 1.78. The number of aryl methyl sites for hydroxylation is 1. The second-order valence-corrected chi connectivity index (χ2v) is 3.18. The highest BCUT2D eigenvalue weighted by Crippen LogP contribution is 2.19. The van der Waals surface area contributed by atoms with Gasteiger partial charge in [-0.05, 0) is 12.1 Å². The van der Waals surface area contributed by atoms with Gasteiger partial charge in [-0.2, -0.15) is 15.6 Å². The molecule has 7 heteroatoms. The Morgan fingerprint density at radius 3 is 2.88 bits per heavy atom. The zero-order valence-electron chi connectivity index (χ0n) is 8.92. The van der Waals surface area contributed by atoms with Gasteiger partial charge in [0, 0.05) is 7.05 Å². The van der Waals surface area contributed by atoms with Crippen molar-refractivity contribution in [2.24, 2.45) is 12.1 Å². The van der Waals surface area contributed by atoms with Crippen LogP contribution in [-0.2, 0) is 7.05 Å². The van der Waals surface area contributed by atoms with Gasteiger partial charge in [0.15, 0.2) is 0 Å². The van der Waals surface area contributed by atoms with Crippen molar-refractivity contribution in [3.63, 3.8) is 0 Å². The first-order valence-electron chi connectivity index (χ1n) is 4.68. The van der Waals surface area contributed by atoms with E-state index in [0.29, 0.717) is 11.2 Å². The quantitative estimate of drug-likeness (QED) is 0.601. The predicted molar refractivity (Wildman–Crippen MR) is 60.8 cm³/mol. The summed E-state index contributed by atoms with van der Waals surface area (Å²) < 4.78 is 1.62. The van der Waals surface area contributed by atoms with Crippen molar-refractivity contribution in [1.82, 2.24) is 15.0 Å². The Labute approximate surface area is 96.6 Å². The maximum Gasteiger partial charge on any atom is 0.237 e. The fourth-order valence-corrected chi connectivity index (χ4v) is 1.34. The Bertz CT molecular complexity index is 652. The van der Waals surface area contributed by atoms with E-state index in [1.807, 2.05) is 12.1 Å². The van der Waals surface area contributed by atoms with Crippen LogP contribution in [0.2, 0.25) is 0 Å². The van der Waals surface area contributed by atoms with Gasteiger partial charge >= 0.3 is 0 Å². The van der Waals surface area contributed by atoms with E-state index in [-0.39, 0.29) is 5.71 Å². The number of anilines is 1. The van der Waals surface area contributed by atoms with Crippen molar-refractivity contribution in [3.05, 3.63) is 18.2 Å². The standard InChI is InChI=1S/C10H7N7/c1-17-9-4-2-3-8(10(9)15-16-17)14-13-7(5-11)6-12/h2-4,14H,1H3. The molecule has 2 aromatic rings. The van der Waals surface area contributed by atoms with Crippen molar-refractivity contribution >= 4 is 22.4 Å². The maximum absolute atomic E-state index is 8.55. The predicted octanol–water partition coefficient (Wildman–Crippen LogP) is 0.783. The first-order chi connectivity index (χ1) is 8.26. The largest absolute Gasteiger partial charge is 0.274 e. The number of rotatable bonds is 2. The number of nitrogens with one attached hydrogen (secondary N) is 1. The third kappa shape index (κ3) is 1.90. The second kappa shape index (κ2) is 4.29. The number of hydrazone groups is 1. The molecule has 2 rings (SSSR count). The SMILES string of the molecule is Cn1nnc2c(NN=C(C#N)C#N)cccc21. The summed E-state index contributed by atoms with van der Waals surface area (Å²) in [6.07, 6.45) is 0. The zero-order valence-corrected chi connectivity index (χ0v) is 8.92. The number of benzene rings is 1. The van der Waals surface area contributed by atoms with Crippen LogP contribution in [0.5, 0.6) is 0 Å². The molecule has 1 aromatic carbocycles. The lowest BCUT2D eigenvalue weighted by Crippen LogP contribution is -1.97. The topological polar surface area (TPSA) is 103 Å². The first kappa shape index (κ1) is 10.6. The molecule has 0 atom stereocenters. The van der Waals surface area contributed by atoms with Gasteiger partial charge in [-0.3, -0.25) is 5.43 Å². The summed E-state index contributed by atoms with van der Waals surface area (Å²) in [4.78, 5) is 0. The van der Waals surface area contributed by atoms with Crippen molar-refractivity contribution < 1.29 is 0 Å². The van der Waals surface area contributed by atoms with Crippen LogP contribution >= 0.6 is 0 Å². The van der Waals surface area contributed by atoms with E-state index in [9.17, 15) is 0 Å². The van der Waals surface area contributed by atoms with Crippen LogP contribution in [0.3, 0.4) is 0 Å². The lowest BCUT2D eigenvalue weighted by atomic mass is 10.3. The van der Waals surface area contributed by atoms with E-state index in [0.717, 1.165) is 5.52 Å². The van der Waals surface area contributed by atoms with Crippen LogP contribution in [0.25, 0.3) is 11.0 Å². The normalized spacial score (nSPS) is 9.35. The van der Waals surface area contributed by atoms with Crippen molar-refractivity contribution in [1.29, 1.82) is 10.5 Å². The molecule has 17 heavy (non-hydrogen) atoms. The number of hydrogen-bond donors (Lipinski definition) is 1. The van der Waals surface area contributed by atoms with Gasteiger partial charge in [-0.25, -0.2) is 4.68 Å². The number of hydrogen-bond acceptors (Lipinski definition) is 6. The van der Waals surface area contributed by atoms with E-state index >= 15 is 0 Å². The smallest absolute Gasteiger partial charge is 0.237 e. The van der Waals surface area contributed by atoms with Crippen LogP contribution in [0.15, 0.2) is 23.3 Å². The Morgan fingerprint density at radius 1 is 1.41 bits per heavy atom. The molecule has 1 heterocycles. The van der Waals surface area contributed by atoms with Crippen molar-refractivity contribution in [2.45, 2.75) is 0 Å². The minimum Gasteiger partial charge on any atom is -0.274 e. The fraction of sp³-hybridized carbons (Fsp3) is 0.100. The van der Waals surface area contributed by atoms with Crippen LogP contribution in [0.1, 0.15) is 0 Å². The molecule has 1 N–H and O–H groups in total. The molecule has 0 bridgehead atoms. The molecule has 82 valence electrons. The Kier molecular flexibility index (Phi) is 2.67. The molecule has 0 unspecified atom stereocenters. The molecule has 7 nitrogen and oxygen atoms in total. The summed E-state index contributed by atoms with van der Waals surface area (Å²) >= 11 is 0. The molecule has 0 aliphatic heterocycles. The van der Waals surface area contributed by atoms with E-state index < -0.39 is 0 Å². The minimum atomic E-state index is -0.245. The average molecular weight is 225 g/mol. The van der Waals surface area contributed by atoms with Gasteiger partial charge in [0.1, 0.15) is 17.7 Å². The van der Waals surface area contributed by atoms with Crippen molar-refractivity contribution in [2.75, 3.05) is 5.43 Å². The number of fused-ring (bicyclic) bond motifs is 1. The Morgan fingerprint density at radius 2 is 2.18 bits per heavy atom. The molecular weight excluding hydrogens is 218 g/mol. The summed E-state index contributed by atoms with van der Waals surface area (Å²) in [6, 6.07) is 8.73. The van der Waals surface area contributed by atoms with Crippen LogP contribution in [-0.4, -0.2) is 20.7 Å². The molecule has 0 radical (unpaired) electrons. The highest BCUT2D eigenvalue weighted by atomic mass is 15.4. The maximum atomic E-state index is 8.55. The molecule has 0 spiro atoms. The fourth-order valence-electron chi connectivity index (χ4n) is 1.34. The van der Waals surface area contributed by atoms with E-state index in [1.54, 1.807) is 29.9 Å².